The van der Waals surface area contributed by atoms with Gasteiger partial charge in [-0.3, -0.25) is 0 Å². The van der Waals surface area contributed by atoms with E-state index in [4.69, 9.17) is 0 Å². The Hall–Kier alpha value is -1.07. The lowest BCUT2D eigenvalue weighted by Gasteiger charge is -2.32. The summed E-state index contributed by atoms with van der Waals surface area (Å²) in [6.45, 7) is 4.87. The van der Waals surface area contributed by atoms with Crippen LogP contribution in [0, 0.1) is 5.92 Å². The third-order valence-electron chi connectivity index (χ3n) is 3.50. The number of piperidine rings is 1. The highest BCUT2D eigenvalue weighted by molar-refractivity contribution is 7.88. The second-order valence-corrected chi connectivity index (χ2v) is 7.29. The molecule has 106 valence electrons. The van der Waals surface area contributed by atoms with E-state index >= 15 is 0 Å². The molecule has 1 fully saturated rings. The molecule has 19 heavy (non-hydrogen) atoms. The van der Waals surface area contributed by atoms with E-state index in [9.17, 15) is 8.42 Å². The lowest BCUT2D eigenvalue weighted by Crippen LogP contribution is -2.34. The van der Waals surface area contributed by atoms with Crippen LogP contribution in [0.15, 0.2) is 24.3 Å². The number of rotatable bonds is 4. The SMILES string of the molecule is C[C@H]1CCCN(c2ccc(CNS(C)(=O)=O)cc2)C1. The second kappa shape index (κ2) is 5.92. The fourth-order valence-corrected chi connectivity index (χ4v) is 2.89. The quantitative estimate of drug-likeness (QED) is 0.918. The summed E-state index contributed by atoms with van der Waals surface area (Å²) in [6.07, 6.45) is 3.74. The third-order valence-corrected chi connectivity index (χ3v) is 4.17. The third kappa shape index (κ3) is 4.51. The van der Waals surface area contributed by atoms with Gasteiger partial charge in [0.25, 0.3) is 0 Å². The number of benzene rings is 1. The highest BCUT2D eigenvalue weighted by atomic mass is 32.2. The molecule has 2 rings (SSSR count). The van der Waals surface area contributed by atoms with Crippen molar-refractivity contribution >= 4 is 15.7 Å². The first-order valence-corrected chi connectivity index (χ1v) is 8.62. The van der Waals surface area contributed by atoms with E-state index in [0.29, 0.717) is 6.54 Å². The maximum atomic E-state index is 11.0. The molecule has 1 aromatic carbocycles. The zero-order valence-electron chi connectivity index (χ0n) is 11.6. The smallest absolute Gasteiger partial charge is 0.209 e. The van der Waals surface area contributed by atoms with Gasteiger partial charge in [-0.05, 0) is 36.5 Å². The lowest BCUT2D eigenvalue weighted by molar-refractivity contribution is 0.447. The molecule has 0 aromatic heterocycles. The molecular formula is C14H22N2O2S. The van der Waals surface area contributed by atoms with Crippen LogP contribution >= 0.6 is 0 Å². The van der Waals surface area contributed by atoms with E-state index in [1.54, 1.807) is 0 Å². The van der Waals surface area contributed by atoms with E-state index in [0.717, 1.165) is 24.6 Å². The molecule has 1 aliphatic heterocycles. The number of nitrogens with one attached hydrogen (secondary N) is 1. The predicted molar refractivity (Wildman–Crippen MR) is 78.7 cm³/mol. The zero-order valence-corrected chi connectivity index (χ0v) is 12.4. The number of anilines is 1. The maximum Gasteiger partial charge on any atom is 0.209 e. The van der Waals surface area contributed by atoms with Crippen LogP contribution in [0.3, 0.4) is 0 Å². The first-order valence-electron chi connectivity index (χ1n) is 6.72. The lowest BCUT2D eigenvalue weighted by atomic mass is 9.99. The molecular weight excluding hydrogens is 260 g/mol. The molecule has 1 aliphatic rings. The molecule has 0 radical (unpaired) electrons. The van der Waals surface area contributed by atoms with Gasteiger partial charge < -0.3 is 4.90 Å². The van der Waals surface area contributed by atoms with E-state index in [-0.39, 0.29) is 0 Å². The molecule has 0 unspecified atom stereocenters. The molecule has 1 aromatic rings. The van der Waals surface area contributed by atoms with Crippen LogP contribution in [-0.2, 0) is 16.6 Å². The Bertz CT molecular complexity index is 511. The summed E-state index contributed by atoms with van der Waals surface area (Å²) in [6, 6.07) is 8.15. The summed E-state index contributed by atoms with van der Waals surface area (Å²) < 4.78 is 24.6. The Morgan fingerprint density at radius 3 is 2.58 bits per heavy atom. The minimum Gasteiger partial charge on any atom is -0.371 e. The molecule has 1 N–H and O–H groups in total. The van der Waals surface area contributed by atoms with E-state index in [2.05, 4.69) is 28.7 Å². The van der Waals surface area contributed by atoms with Crippen LogP contribution in [-0.4, -0.2) is 27.8 Å². The number of nitrogens with zero attached hydrogens (tertiary/aromatic N) is 1. The average Bonchev–Trinajstić information content (AvgIpc) is 2.36. The first kappa shape index (κ1) is 14.3. The van der Waals surface area contributed by atoms with Gasteiger partial charge in [0.15, 0.2) is 0 Å². The molecule has 0 aliphatic carbocycles. The van der Waals surface area contributed by atoms with Crippen LogP contribution in [0.5, 0.6) is 0 Å². The first-order chi connectivity index (χ1) is 8.94. The predicted octanol–water partition coefficient (Wildman–Crippen LogP) is 1.97. The summed E-state index contributed by atoms with van der Waals surface area (Å²) in [5.74, 6) is 0.750. The zero-order chi connectivity index (χ0) is 13.9. The summed E-state index contributed by atoms with van der Waals surface area (Å²) in [7, 11) is -3.12. The topological polar surface area (TPSA) is 49.4 Å². The van der Waals surface area contributed by atoms with E-state index in [1.807, 2.05) is 12.1 Å². The van der Waals surface area contributed by atoms with Gasteiger partial charge in [-0.1, -0.05) is 19.1 Å². The van der Waals surface area contributed by atoms with Crippen LogP contribution in [0.2, 0.25) is 0 Å². The van der Waals surface area contributed by atoms with Gasteiger partial charge in [-0.15, -0.1) is 0 Å². The monoisotopic (exact) mass is 282 g/mol. The molecule has 0 amide bonds. The van der Waals surface area contributed by atoms with Crippen molar-refractivity contribution in [1.29, 1.82) is 0 Å². The van der Waals surface area contributed by atoms with Crippen LogP contribution < -0.4 is 9.62 Å². The second-order valence-electron chi connectivity index (χ2n) is 5.45. The van der Waals surface area contributed by atoms with E-state index < -0.39 is 10.0 Å². The van der Waals surface area contributed by atoms with Crippen LogP contribution in [0.4, 0.5) is 5.69 Å². The van der Waals surface area contributed by atoms with Gasteiger partial charge in [-0.2, -0.15) is 0 Å². The molecule has 0 bridgehead atoms. The minimum atomic E-state index is -3.12. The number of sulfonamides is 1. The summed E-state index contributed by atoms with van der Waals surface area (Å²) in [5.41, 5.74) is 2.22. The highest BCUT2D eigenvalue weighted by Crippen LogP contribution is 2.23. The minimum absolute atomic E-state index is 0.357. The van der Waals surface area contributed by atoms with Gasteiger partial charge in [-0.25, -0.2) is 13.1 Å². The van der Waals surface area contributed by atoms with Gasteiger partial charge in [0.2, 0.25) is 10.0 Å². The van der Waals surface area contributed by atoms with Gasteiger partial charge in [0.1, 0.15) is 0 Å². The normalized spacial score (nSPS) is 20.5. The number of hydrogen-bond donors (Lipinski definition) is 1. The van der Waals surface area contributed by atoms with Crippen molar-refractivity contribution in [3.63, 3.8) is 0 Å². The van der Waals surface area contributed by atoms with Crippen molar-refractivity contribution in [3.05, 3.63) is 29.8 Å². The molecule has 0 spiro atoms. The van der Waals surface area contributed by atoms with Crippen molar-refractivity contribution in [2.24, 2.45) is 5.92 Å². The van der Waals surface area contributed by atoms with Crippen molar-refractivity contribution in [2.75, 3.05) is 24.2 Å². The molecule has 0 saturated carbocycles. The average molecular weight is 282 g/mol. The Morgan fingerprint density at radius 1 is 1.32 bits per heavy atom. The summed E-state index contributed by atoms with van der Waals surface area (Å²) in [4.78, 5) is 2.40. The standard InChI is InChI=1S/C14H22N2O2S/c1-12-4-3-9-16(11-12)14-7-5-13(6-8-14)10-15-19(2,17)18/h5-8,12,15H,3-4,9-11H2,1-2H3/t12-/m0/s1. The van der Waals surface area contributed by atoms with Crippen molar-refractivity contribution in [1.82, 2.24) is 4.72 Å². The van der Waals surface area contributed by atoms with Crippen molar-refractivity contribution in [3.8, 4) is 0 Å². The fourth-order valence-electron chi connectivity index (χ4n) is 2.46. The molecule has 1 atom stereocenters. The van der Waals surface area contributed by atoms with Gasteiger partial charge in [0, 0.05) is 25.3 Å². The van der Waals surface area contributed by atoms with E-state index in [1.165, 1.54) is 24.8 Å². The Kier molecular flexibility index (Phi) is 4.47. The molecule has 5 heteroatoms. The fraction of sp³-hybridized carbons (Fsp3) is 0.571. The Morgan fingerprint density at radius 2 is 2.00 bits per heavy atom. The van der Waals surface area contributed by atoms with Gasteiger partial charge in [0.05, 0.1) is 6.26 Å². The van der Waals surface area contributed by atoms with Crippen molar-refractivity contribution < 1.29 is 8.42 Å². The Balaban J connectivity index is 1.98. The van der Waals surface area contributed by atoms with Gasteiger partial charge >= 0.3 is 0 Å². The molecule has 1 heterocycles. The van der Waals surface area contributed by atoms with Crippen molar-refractivity contribution in [2.45, 2.75) is 26.3 Å². The Labute approximate surface area is 115 Å². The van der Waals surface area contributed by atoms with Crippen LogP contribution in [0.1, 0.15) is 25.3 Å². The summed E-state index contributed by atoms with van der Waals surface area (Å²) >= 11 is 0. The molecule has 1 saturated heterocycles. The highest BCUT2D eigenvalue weighted by Gasteiger charge is 2.16. The largest absolute Gasteiger partial charge is 0.371 e. The van der Waals surface area contributed by atoms with Crippen LogP contribution in [0.25, 0.3) is 0 Å². The maximum absolute atomic E-state index is 11.0. The summed E-state index contributed by atoms with van der Waals surface area (Å²) in [5, 5.41) is 0. The molecule has 4 nitrogen and oxygen atoms in total. The number of hydrogen-bond acceptors (Lipinski definition) is 3.